The van der Waals surface area contributed by atoms with Crippen molar-refractivity contribution < 1.29 is 4.42 Å². The predicted octanol–water partition coefficient (Wildman–Crippen LogP) is 1.80. The van der Waals surface area contributed by atoms with Crippen molar-refractivity contribution in [3.05, 3.63) is 46.3 Å². The average Bonchev–Trinajstić information content (AvgIpc) is 2.97. The molecule has 0 radical (unpaired) electrons. The van der Waals surface area contributed by atoms with Crippen molar-refractivity contribution in [2.75, 3.05) is 19.6 Å². The lowest BCUT2D eigenvalue weighted by Gasteiger charge is -2.31. The maximum absolute atomic E-state index is 12.1. The Morgan fingerprint density at radius 3 is 2.74 bits per heavy atom. The molecule has 0 saturated carbocycles. The van der Waals surface area contributed by atoms with Crippen LogP contribution in [0.1, 0.15) is 30.1 Å². The van der Waals surface area contributed by atoms with Crippen LogP contribution in [-0.4, -0.2) is 39.1 Å². The fraction of sp³-hybridized carbons (Fsp3) is 0.588. The molecule has 0 atom stereocenters. The standard InChI is InChI=1S/C17H24N4O2/c1-13-9-18-12-21(17(13)22)11-15-3-6-20(7-4-15)8-5-16-10-19-14(2)23-16/h9-10,12,15H,3-8,11H2,1-2H3. The number of aromatic nitrogens is 3. The molecule has 1 fully saturated rings. The number of aryl methyl sites for hydroxylation is 2. The summed E-state index contributed by atoms with van der Waals surface area (Å²) in [4.78, 5) is 22.8. The number of likely N-dealkylation sites (tertiary alicyclic amines) is 1. The van der Waals surface area contributed by atoms with Crippen molar-refractivity contribution in [1.82, 2.24) is 19.4 Å². The highest BCUT2D eigenvalue weighted by molar-refractivity contribution is 5.00. The van der Waals surface area contributed by atoms with Crippen LogP contribution in [0, 0.1) is 19.8 Å². The molecule has 23 heavy (non-hydrogen) atoms. The van der Waals surface area contributed by atoms with Crippen molar-refractivity contribution in [3.8, 4) is 0 Å². The molecule has 0 unspecified atom stereocenters. The van der Waals surface area contributed by atoms with E-state index < -0.39 is 0 Å². The van der Waals surface area contributed by atoms with Crippen molar-refractivity contribution in [2.24, 2.45) is 5.92 Å². The first-order valence-electron chi connectivity index (χ1n) is 8.26. The summed E-state index contributed by atoms with van der Waals surface area (Å²) in [6.45, 7) is 7.63. The minimum atomic E-state index is 0.0862. The van der Waals surface area contributed by atoms with Gasteiger partial charge in [0.15, 0.2) is 5.89 Å². The molecular weight excluding hydrogens is 292 g/mol. The Labute approximate surface area is 136 Å². The van der Waals surface area contributed by atoms with Crippen LogP contribution in [0.2, 0.25) is 0 Å². The van der Waals surface area contributed by atoms with Gasteiger partial charge in [-0.15, -0.1) is 0 Å². The SMILES string of the molecule is Cc1ncc(CCN2CCC(Cn3cncc(C)c3=O)CC2)o1. The first kappa shape index (κ1) is 15.9. The summed E-state index contributed by atoms with van der Waals surface area (Å²) < 4.78 is 7.27. The van der Waals surface area contributed by atoms with E-state index in [1.165, 1.54) is 0 Å². The molecule has 0 N–H and O–H groups in total. The predicted molar refractivity (Wildman–Crippen MR) is 87.3 cm³/mol. The van der Waals surface area contributed by atoms with Gasteiger partial charge in [0.1, 0.15) is 5.76 Å². The summed E-state index contributed by atoms with van der Waals surface area (Å²) >= 11 is 0. The molecule has 0 bridgehead atoms. The van der Waals surface area contributed by atoms with E-state index in [2.05, 4.69) is 14.9 Å². The van der Waals surface area contributed by atoms with Crippen LogP contribution in [0.5, 0.6) is 0 Å². The van der Waals surface area contributed by atoms with Gasteiger partial charge in [0.2, 0.25) is 0 Å². The Hall–Kier alpha value is -1.95. The monoisotopic (exact) mass is 316 g/mol. The zero-order chi connectivity index (χ0) is 16.2. The highest BCUT2D eigenvalue weighted by Gasteiger charge is 2.20. The number of piperidine rings is 1. The van der Waals surface area contributed by atoms with Gasteiger partial charge in [0, 0.05) is 38.2 Å². The average molecular weight is 316 g/mol. The highest BCUT2D eigenvalue weighted by atomic mass is 16.4. The molecule has 3 rings (SSSR count). The van der Waals surface area contributed by atoms with Gasteiger partial charge in [-0.3, -0.25) is 9.36 Å². The fourth-order valence-electron chi connectivity index (χ4n) is 3.15. The highest BCUT2D eigenvalue weighted by Crippen LogP contribution is 2.19. The molecule has 3 heterocycles. The summed E-state index contributed by atoms with van der Waals surface area (Å²) in [5.74, 6) is 2.25. The third-order valence-electron chi connectivity index (χ3n) is 4.58. The van der Waals surface area contributed by atoms with E-state index in [-0.39, 0.29) is 5.56 Å². The third kappa shape index (κ3) is 4.07. The molecule has 1 aliphatic heterocycles. The molecule has 124 valence electrons. The van der Waals surface area contributed by atoms with Crippen molar-refractivity contribution in [3.63, 3.8) is 0 Å². The van der Waals surface area contributed by atoms with Crippen molar-refractivity contribution in [2.45, 2.75) is 39.7 Å². The van der Waals surface area contributed by atoms with Gasteiger partial charge in [-0.2, -0.15) is 0 Å². The van der Waals surface area contributed by atoms with Crippen molar-refractivity contribution in [1.29, 1.82) is 0 Å². The van der Waals surface area contributed by atoms with Crippen LogP contribution < -0.4 is 5.56 Å². The van der Waals surface area contributed by atoms with Gasteiger partial charge in [-0.05, 0) is 38.8 Å². The number of hydrogen-bond acceptors (Lipinski definition) is 5. The fourth-order valence-corrected chi connectivity index (χ4v) is 3.15. The second-order valence-electron chi connectivity index (χ2n) is 6.41. The molecule has 6 nitrogen and oxygen atoms in total. The van der Waals surface area contributed by atoms with Crippen LogP contribution in [0.4, 0.5) is 0 Å². The zero-order valence-electron chi connectivity index (χ0n) is 13.9. The molecule has 1 aliphatic rings. The second kappa shape index (κ2) is 7.08. The van der Waals surface area contributed by atoms with E-state index >= 15 is 0 Å². The first-order valence-corrected chi connectivity index (χ1v) is 8.26. The van der Waals surface area contributed by atoms with Crippen LogP contribution in [0.15, 0.2) is 27.9 Å². The van der Waals surface area contributed by atoms with Crippen molar-refractivity contribution >= 4 is 0 Å². The minimum Gasteiger partial charge on any atom is -0.446 e. The third-order valence-corrected chi connectivity index (χ3v) is 4.58. The van der Waals surface area contributed by atoms with Gasteiger partial charge in [-0.25, -0.2) is 9.97 Å². The van der Waals surface area contributed by atoms with E-state index in [1.807, 2.05) is 20.0 Å². The van der Waals surface area contributed by atoms with Gasteiger partial charge in [0.25, 0.3) is 5.56 Å². The molecule has 6 heteroatoms. The molecule has 0 aliphatic carbocycles. The number of oxazole rings is 1. The van der Waals surface area contributed by atoms with Crippen LogP contribution in [0.25, 0.3) is 0 Å². The largest absolute Gasteiger partial charge is 0.446 e. The summed E-state index contributed by atoms with van der Waals surface area (Å²) in [6, 6.07) is 0. The summed E-state index contributed by atoms with van der Waals surface area (Å²) in [5, 5.41) is 0. The van der Waals surface area contributed by atoms with E-state index in [0.717, 1.165) is 57.1 Å². The Balaban J connectivity index is 1.46. The Morgan fingerprint density at radius 2 is 2.04 bits per heavy atom. The van der Waals surface area contributed by atoms with E-state index in [1.54, 1.807) is 17.1 Å². The minimum absolute atomic E-state index is 0.0862. The normalized spacial score (nSPS) is 16.8. The van der Waals surface area contributed by atoms with Gasteiger partial charge < -0.3 is 9.32 Å². The lowest BCUT2D eigenvalue weighted by molar-refractivity contribution is 0.172. The maximum Gasteiger partial charge on any atom is 0.256 e. The van der Waals surface area contributed by atoms with Crippen LogP contribution in [0.3, 0.4) is 0 Å². The zero-order valence-corrected chi connectivity index (χ0v) is 13.9. The molecule has 0 amide bonds. The quantitative estimate of drug-likeness (QED) is 0.841. The van der Waals surface area contributed by atoms with Crippen LogP contribution >= 0.6 is 0 Å². The topological polar surface area (TPSA) is 64.2 Å². The second-order valence-corrected chi connectivity index (χ2v) is 6.41. The molecule has 2 aromatic rings. The van der Waals surface area contributed by atoms with Gasteiger partial charge >= 0.3 is 0 Å². The lowest BCUT2D eigenvalue weighted by Crippen LogP contribution is -2.37. The Kier molecular flexibility index (Phi) is 4.91. The van der Waals surface area contributed by atoms with Gasteiger partial charge in [0.05, 0.1) is 12.5 Å². The number of nitrogens with zero attached hydrogens (tertiary/aromatic N) is 4. The van der Waals surface area contributed by atoms with E-state index in [9.17, 15) is 4.79 Å². The molecule has 1 saturated heterocycles. The Morgan fingerprint density at radius 1 is 1.26 bits per heavy atom. The van der Waals surface area contributed by atoms with Crippen LogP contribution in [-0.2, 0) is 13.0 Å². The number of hydrogen-bond donors (Lipinski definition) is 0. The summed E-state index contributed by atoms with van der Waals surface area (Å²) in [5.41, 5.74) is 0.801. The first-order chi connectivity index (χ1) is 11.1. The van der Waals surface area contributed by atoms with E-state index in [4.69, 9.17) is 4.42 Å². The molecular formula is C17H24N4O2. The Bertz CT molecular complexity index is 699. The summed E-state index contributed by atoms with van der Waals surface area (Å²) in [6.07, 6.45) is 8.26. The molecule has 0 aromatic carbocycles. The smallest absolute Gasteiger partial charge is 0.256 e. The maximum atomic E-state index is 12.1. The van der Waals surface area contributed by atoms with E-state index in [0.29, 0.717) is 11.5 Å². The molecule has 0 spiro atoms. The summed E-state index contributed by atoms with van der Waals surface area (Å²) in [7, 11) is 0. The number of rotatable bonds is 5. The lowest BCUT2D eigenvalue weighted by atomic mass is 9.96. The van der Waals surface area contributed by atoms with Gasteiger partial charge in [-0.1, -0.05) is 0 Å². The molecule has 2 aromatic heterocycles.